The first-order chi connectivity index (χ1) is 10.8. The zero-order valence-electron chi connectivity index (χ0n) is 11.4. The van der Waals surface area contributed by atoms with Crippen molar-refractivity contribution in [2.45, 2.75) is 6.54 Å². The Hall–Kier alpha value is -2.18. The Labute approximate surface area is 135 Å². The molecule has 1 aliphatic rings. The molecular weight excluding hydrogens is 320 g/mol. The molecular formula is C15H11ClN4OS. The Morgan fingerprint density at radius 2 is 1.95 bits per heavy atom. The van der Waals surface area contributed by atoms with Crippen molar-refractivity contribution in [3.8, 4) is 10.6 Å². The molecule has 1 aliphatic heterocycles. The van der Waals surface area contributed by atoms with E-state index in [1.807, 2.05) is 46.7 Å². The van der Waals surface area contributed by atoms with Crippen LogP contribution in [0.25, 0.3) is 10.6 Å². The van der Waals surface area contributed by atoms with Gasteiger partial charge in [-0.25, -0.2) is 0 Å². The summed E-state index contributed by atoms with van der Waals surface area (Å²) in [6.45, 7) is 1.23. The molecule has 22 heavy (non-hydrogen) atoms. The van der Waals surface area contributed by atoms with Gasteiger partial charge >= 0.3 is 0 Å². The first kappa shape index (κ1) is 13.5. The molecule has 7 heteroatoms. The molecule has 0 saturated heterocycles. The number of rotatable bonds is 2. The number of fused-ring (bicyclic) bond motifs is 1. The number of para-hydroxylation sites is 1. The summed E-state index contributed by atoms with van der Waals surface area (Å²) in [7, 11) is 0. The van der Waals surface area contributed by atoms with Crippen LogP contribution in [-0.4, -0.2) is 21.3 Å². The van der Waals surface area contributed by atoms with Gasteiger partial charge in [0.15, 0.2) is 5.69 Å². The fraction of sp³-hybridized carbons (Fsp3) is 0.133. The van der Waals surface area contributed by atoms with E-state index in [9.17, 15) is 4.79 Å². The zero-order valence-corrected chi connectivity index (χ0v) is 13.0. The van der Waals surface area contributed by atoms with Crippen molar-refractivity contribution in [2.24, 2.45) is 0 Å². The van der Waals surface area contributed by atoms with Gasteiger partial charge in [0.2, 0.25) is 5.95 Å². The largest absolute Gasteiger partial charge is 0.307 e. The maximum Gasteiger partial charge on any atom is 0.282 e. The summed E-state index contributed by atoms with van der Waals surface area (Å²) >= 11 is 7.73. The van der Waals surface area contributed by atoms with E-state index in [-0.39, 0.29) is 5.56 Å². The average molecular weight is 331 g/mol. The third kappa shape index (κ3) is 2.03. The molecule has 0 amide bonds. The molecule has 0 spiro atoms. The molecule has 0 saturated carbocycles. The van der Waals surface area contributed by atoms with Crippen LogP contribution in [0, 0.1) is 0 Å². The molecule has 4 rings (SSSR count). The summed E-state index contributed by atoms with van der Waals surface area (Å²) in [6.07, 6.45) is 0. The van der Waals surface area contributed by atoms with E-state index in [2.05, 4.69) is 10.2 Å². The van der Waals surface area contributed by atoms with Crippen molar-refractivity contribution in [3.05, 3.63) is 57.2 Å². The van der Waals surface area contributed by atoms with Gasteiger partial charge in [-0.15, -0.1) is 21.5 Å². The second-order valence-electron chi connectivity index (χ2n) is 4.89. The summed E-state index contributed by atoms with van der Waals surface area (Å²) in [6, 6.07) is 11.3. The summed E-state index contributed by atoms with van der Waals surface area (Å²) in [5, 5.41) is 11.0. The predicted molar refractivity (Wildman–Crippen MR) is 88.1 cm³/mol. The number of anilines is 2. The van der Waals surface area contributed by atoms with Crippen molar-refractivity contribution in [2.75, 3.05) is 11.4 Å². The Morgan fingerprint density at radius 1 is 1.09 bits per heavy atom. The Bertz CT molecular complexity index is 891. The lowest BCUT2D eigenvalue weighted by Gasteiger charge is -2.17. The molecule has 0 unspecified atom stereocenters. The molecule has 0 aliphatic carbocycles. The quantitative estimate of drug-likeness (QED) is 0.724. The highest BCUT2D eigenvalue weighted by molar-refractivity contribution is 7.13. The van der Waals surface area contributed by atoms with Crippen LogP contribution < -0.4 is 10.5 Å². The van der Waals surface area contributed by atoms with E-state index in [4.69, 9.17) is 11.6 Å². The molecule has 0 bridgehead atoms. The molecule has 0 atom stereocenters. The number of hydrogen-bond donors (Lipinski definition) is 0. The average Bonchev–Trinajstić information content (AvgIpc) is 3.18. The molecule has 0 fully saturated rings. The maximum atomic E-state index is 12.6. The molecule has 3 heterocycles. The van der Waals surface area contributed by atoms with E-state index in [1.54, 1.807) is 4.57 Å². The van der Waals surface area contributed by atoms with Crippen molar-refractivity contribution < 1.29 is 0 Å². The zero-order chi connectivity index (χ0) is 15.1. The molecule has 110 valence electrons. The fourth-order valence-corrected chi connectivity index (χ4v) is 3.52. The van der Waals surface area contributed by atoms with Gasteiger partial charge in [-0.3, -0.25) is 9.36 Å². The monoisotopic (exact) mass is 330 g/mol. The summed E-state index contributed by atoms with van der Waals surface area (Å²) in [4.78, 5) is 15.4. The minimum atomic E-state index is -0.109. The van der Waals surface area contributed by atoms with Crippen molar-refractivity contribution in [1.82, 2.24) is 14.8 Å². The minimum absolute atomic E-state index is 0.109. The van der Waals surface area contributed by atoms with E-state index >= 15 is 0 Å². The smallest absolute Gasteiger partial charge is 0.282 e. The second kappa shape index (κ2) is 5.23. The van der Waals surface area contributed by atoms with Crippen LogP contribution in [0.5, 0.6) is 0 Å². The third-order valence-electron chi connectivity index (χ3n) is 3.62. The van der Waals surface area contributed by atoms with E-state index in [0.29, 0.717) is 29.8 Å². The Kier molecular flexibility index (Phi) is 3.20. The highest BCUT2D eigenvalue weighted by Crippen LogP contribution is 2.33. The first-order valence-electron chi connectivity index (χ1n) is 6.79. The summed E-state index contributed by atoms with van der Waals surface area (Å²) in [5.74, 6) is 0.540. The summed E-state index contributed by atoms with van der Waals surface area (Å²) < 4.78 is 1.66. The highest BCUT2D eigenvalue weighted by Gasteiger charge is 2.26. The standard InChI is InChI=1S/C15H11ClN4OS/c16-10-4-1-2-5-11(10)19-7-8-20-14(21)13(17-18-15(19)20)12-6-3-9-22-12/h1-6,9H,7-8H2. The third-order valence-corrected chi connectivity index (χ3v) is 4.81. The van der Waals surface area contributed by atoms with Gasteiger partial charge in [0, 0.05) is 13.1 Å². The van der Waals surface area contributed by atoms with Crippen LogP contribution in [-0.2, 0) is 6.54 Å². The topological polar surface area (TPSA) is 51.0 Å². The van der Waals surface area contributed by atoms with Gasteiger partial charge in [-0.2, -0.15) is 0 Å². The lowest BCUT2D eigenvalue weighted by molar-refractivity contribution is 0.743. The second-order valence-corrected chi connectivity index (χ2v) is 6.24. The van der Waals surface area contributed by atoms with Gasteiger partial charge in [0.05, 0.1) is 15.6 Å². The van der Waals surface area contributed by atoms with E-state index < -0.39 is 0 Å². The summed E-state index contributed by atoms with van der Waals surface area (Å²) in [5.41, 5.74) is 1.13. The minimum Gasteiger partial charge on any atom is -0.307 e. The lowest BCUT2D eigenvalue weighted by Crippen LogP contribution is -2.23. The fourth-order valence-electron chi connectivity index (χ4n) is 2.58. The maximum absolute atomic E-state index is 12.6. The Balaban J connectivity index is 1.83. The van der Waals surface area contributed by atoms with E-state index in [1.165, 1.54) is 11.3 Å². The number of thiophene rings is 1. The highest BCUT2D eigenvalue weighted by atomic mass is 35.5. The molecule has 3 aromatic rings. The number of nitrogens with zero attached hydrogens (tertiary/aromatic N) is 4. The SMILES string of the molecule is O=c1c(-c2cccs2)nnc2n1CCN2c1ccccc1Cl. The normalized spacial score (nSPS) is 13.4. The van der Waals surface area contributed by atoms with Gasteiger partial charge in [0.25, 0.3) is 5.56 Å². The Morgan fingerprint density at radius 3 is 2.73 bits per heavy atom. The number of benzene rings is 1. The predicted octanol–water partition coefficient (Wildman–Crippen LogP) is 3.17. The van der Waals surface area contributed by atoms with Crippen molar-refractivity contribution >= 4 is 34.6 Å². The number of halogens is 1. The molecule has 0 radical (unpaired) electrons. The van der Waals surface area contributed by atoms with Gasteiger partial charge < -0.3 is 4.90 Å². The molecule has 5 nitrogen and oxygen atoms in total. The van der Waals surface area contributed by atoms with Gasteiger partial charge in [-0.05, 0) is 23.6 Å². The van der Waals surface area contributed by atoms with Crippen LogP contribution in [0.4, 0.5) is 11.6 Å². The molecule has 0 N–H and O–H groups in total. The van der Waals surface area contributed by atoms with Gasteiger partial charge in [-0.1, -0.05) is 29.8 Å². The van der Waals surface area contributed by atoms with Crippen LogP contribution in [0.15, 0.2) is 46.6 Å². The van der Waals surface area contributed by atoms with Crippen LogP contribution in [0.3, 0.4) is 0 Å². The van der Waals surface area contributed by atoms with E-state index in [0.717, 1.165) is 10.6 Å². The van der Waals surface area contributed by atoms with Crippen LogP contribution >= 0.6 is 22.9 Å². The molecule has 2 aromatic heterocycles. The number of aromatic nitrogens is 3. The van der Waals surface area contributed by atoms with Gasteiger partial charge in [0.1, 0.15) is 0 Å². The number of hydrogen-bond acceptors (Lipinski definition) is 5. The van der Waals surface area contributed by atoms with Crippen molar-refractivity contribution in [1.29, 1.82) is 0 Å². The lowest BCUT2D eigenvalue weighted by atomic mass is 10.3. The van der Waals surface area contributed by atoms with Crippen LogP contribution in [0.2, 0.25) is 5.02 Å². The van der Waals surface area contributed by atoms with Crippen molar-refractivity contribution in [3.63, 3.8) is 0 Å². The van der Waals surface area contributed by atoms with Crippen LogP contribution in [0.1, 0.15) is 0 Å². The first-order valence-corrected chi connectivity index (χ1v) is 8.05. The molecule has 1 aromatic carbocycles.